The van der Waals surface area contributed by atoms with Crippen LogP contribution in [0.5, 0.6) is 11.5 Å². The van der Waals surface area contributed by atoms with Crippen LogP contribution in [-0.2, 0) is 15.5 Å². The van der Waals surface area contributed by atoms with Gasteiger partial charge < -0.3 is 19.9 Å². The van der Waals surface area contributed by atoms with Crippen molar-refractivity contribution in [1.82, 2.24) is 10.3 Å². The number of hydrogen-bond donors (Lipinski definition) is 2. The van der Waals surface area contributed by atoms with E-state index < -0.39 is 18.1 Å². The third kappa shape index (κ3) is 4.71. The van der Waals surface area contributed by atoms with Gasteiger partial charge in [0.2, 0.25) is 0 Å². The Bertz CT molecular complexity index is 1150. The molecule has 1 amide bonds. The van der Waals surface area contributed by atoms with Crippen LogP contribution in [0.25, 0.3) is 0 Å². The smallest absolute Gasteiger partial charge is 0.286 e. The van der Waals surface area contributed by atoms with E-state index >= 15 is 0 Å². The number of halogens is 3. The molecule has 6 rings (SSSR count). The molecule has 35 heavy (non-hydrogen) atoms. The van der Waals surface area contributed by atoms with Gasteiger partial charge in [-0.2, -0.15) is 8.78 Å². The number of nitrogens with one attached hydrogen (secondary N) is 1. The maximum absolute atomic E-state index is 13.2. The average Bonchev–Trinajstić information content (AvgIpc) is 2.75. The predicted octanol–water partition coefficient (Wildman–Crippen LogP) is 4.11. The lowest BCUT2D eigenvalue weighted by atomic mass is 9.38. The molecule has 2 N–H and O–H groups in total. The van der Waals surface area contributed by atoms with Crippen LogP contribution in [0.4, 0.5) is 8.78 Å². The van der Waals surface area contributed by atoms with Crippen molar-refractivity contribution in [1.29, 1.82) is 0 Å². The molecule has 0 unspecified atom stereocenters. The zero-order valence-corrected chi connectivity index (χ0v) is 19.8. The van der Waals surface area contributed by atoms with E-state index in [1.54, 1.807) is 18.2 Å². The lowest BCUT2D eigenvalue weighted by Gasteiger charge is -2.70. The van der Waals surface area contributed by atoms with Crippen LogP contribution in [-0.4, -0.2) is 40.0 Å². The van der Waals surface area contributed by atoms with Crippen molar-refractivity contribution >= 4 is 23.3 Å². The van der Waals surface area contributed by atoms with Crippen molar-refractivity contribution in [3.8, 4) is 11.5 Å². The SMILES string of the molecule is CC(F)(F)c1ccc(OCC(=O)NC23CC(CC(=O)[C@@H]4C[C@H](O)c5cc(Cl)ccc5O4)(C2)C3)cn1. The quantitative estimate of drug-likeness (QED) is 0.559. The number of Topliss-reactive ketones (excluding diaryl/α,β-unsaturated/α-hetero) is 1. The number of rotatable bonds is 8. The molecule has 2 heterocycles. The summed E-state index contributed by atoms with van der Waals surface area (Å²) in [5.41, 5.74) is -0.260. The number of ether oxygens (including phenoxy) is 2. The van der Waals surface area contributed by atoms with Gasteiger partial charge in [0.05, 0.1) is 12.3 Å². The summed E-state index contributed by atoms with van der Waals surface area (Å²) in [5.74, 6) is -2.71. The van der Waals surface area contributed by atoms with E-state index in [9.17, 15) is 23.5 Å². The summed E-state index contributed by atoms with van der Waals surface area (Å²) in [7, 11) is 0. The van der Waals surface area contributed by atoms with E-state index in [2.05, 4.69) is 10.3 Å². The van der Waals surface area contributed by atoms with Gasteiger partial charge in [0.25, 0.3) is 11.8 Å². The van der Waals surface area contributed by atoms with Gasteiger partial charge in [-0.25, -0.2) is 0 Å². The van der Waals surface area contributed by atoms with E-state index in [4.69, 9.17) is 21.1 Å². The van der Waals surface area contributed by atoms with Crippen LogP contribution in [0.15, 0.2) is 36.5 Å². The van der Waals surface area contributed by atoms with Crippen molar-refractivity contribution in [2.75, 3.05) is 6.61 Å². The number of carbonyl (C=O) groups excluding carboxylic acids is 2. The number of benzene rings is 1. The Balaban J connectivity index is 1.08. The van der Waals surface area contributed by atoms with Crippen LogP contribution < -0.4 is 14.8 Å². The zero-order chi connectivity index (χ0) is 25.0. The molecule has 0 radical (unpaired) electrons. The van der Waals surface area contributed by atoms with Gasteiger partial charge in [0.15, 0.2) is 18.5 Å². The Kier molecular flexibility index (Phi) is 5.75. The topological polar surface area (TPSA) is 97.8 Å². The first-order valence-electron chi connectivity index (χ1n) is 11.4. The molecule has 1 aromatic heterocycles. The summed E-state index contributed by atoms with van der Waals surface area (Å²) >= 11 is 5.98. The summed E-state index contributed by atoms with van der Waals surface area (Å²) < 4.78 is 37.7. The summed E-state index contributed by atoms with van der Waals surface area (Å²) in [6.45, 7) is 0.503. The second-order valence-corrected chi connectivity index (χ2v) is 10.5. The van der Waals surface area contributed by atoms with Crippen molar-refractivity contribution in [2.24, 2.45) is 5.41 Å². The minimum Gasteiger partial charge on any atom is -0.482 e. The molecule has 1 aromatic carbocycles. The molecule has 3 saturated carbocycles. The highest BCUT2D eigenvalue weighted by atomic mass is 35.5. The number of aliphatic hydroxyl groups excluding tert-OH is 1. The van der Waals surface area contributed by atoms with Gasteiger partial charge in [0.1, 0.15) is 17.2 Å². The fourth-order valence-electron chi connectivity index (χ4n) is 5.62. The molecule has 3 aliphatic carbocycles. The molecule has 10 heteroatoms. The first-order valence-corrected chi connectivity index (χ1v) is 11.8. The van der Waals surface area contributed by atoms with Crippen LogP contribution in [0, 0.1) is 5.41 Å². The van der Waals surface area contributed by atoms with E-state index in [-0.39, 0.29) is 47.1 Å². The maximum atomic E-state index is 13.2. The molecule has 2 bridgehead atoms. The van der Waals surface area contributed by atoms with Crippen LogP contribution in [0.1, 0.15) is 56.4 Å². The zero-order valence-electron chi connectivity index (χ0n) is 19.0. The third-order valence-corrected chi connectivity index (χ3v) is 7.28. The van der Waals surface area contributed by atoms with Crippen LogP contribution in [0.2, 0.25) is 5.02 Å². The Morgan fingerprint density at radius 1 is 1.29 bits per heavy atom. The molecule has 0 spiro atoms. The highest BCUT2D eigenvalue weighted by Gasteiger charge is 2.68. The number of ketones is 1. The van der Waals surface area contributed by atoms with Crippen LogP contribution in [0.3, 0.4) is 0 Å². The van der Waals surface area contributed by atoms with Gasteiger partial charge in [-0.05, 0) is 55.0 Å². The highest BCUT2D eigenvalue weighted by Crippen LogP contribution is 2.69. The Morgan fingerprint density at radius 2 is 2.03 bits per heavy atom. The summed E-state index contributed by atoms with van der Waals surface area (Å²) in [6, 6.07) is 7.49. The second-order valence-electron chi connectivity index (χ2n) is 10.1. The van der Waals surface area contributed by atoms with E-state index in [0.717, 1.165) is 13.0 Å². The Morgan fingerprint density at radius 3 is 2.69 bits per heavy atom. The highest BCUT2D eigenvalue weighted by molar-refractivity contribution is 6.30. The fourth-order valence-corrected chi connectivity index (χ4v) is 5.80. The van der Waals surface area contributed by atoms with E-state index in [1.807, 2.05) is 0 Å². The van der Waals surface area contributed by atoms with Gasteiger partial charge in [-0.15, -0.1) is 0 Å². The second kappa shape index (κ2) is 8.41. The first-order chi connectivity index (χ1) is 16.5. The summed E-state index contributed by atoms with van der Waals surface area (Å²) in [6.07, 6.45) is 2.25. The van der Waals surface area contributed by atoms with Crippen LogP contribution >= 0.6 is 11.6 Å². The first kappa shape index (κ1) is 23.9. The van der Waals surface area contributed by atoms with E-state index in [0.29, 0.717) is 42.0 Å². The van der Waals surface area contributed by atoms with E-state index in [1.165, 1.54) is 12.3 Å². The number of aromatic nitrogens is 1. The number of alkyl halides is 2. The summed E-state index contributed by atoms with van der Waals surface area (Å²) in [4.78, 5) is 28.9. The number of pyridine rings is 1. The minimum atomic E-state index is -3.04. The molecule has 2 aromatic rings. The fraction of sp³-hybridized carbons (Fsp3) is 0.480. The summed E-state index contributed by atoms with van der Waals surface area (Å²) in [5, 5.41) is 13.9. The molecule has 3 fully saturated rings. The largest absolute Gasteiger partial charge is 0.482 e. The molecule has 186 valence electrons. The number of hydrogen-bond acceptors (Lipinski definition) is 6. The van der Waals surface area contributed by atoms with Gasteiger partial charge in [-0.3, -0.25) is 14.6 Å². The molecule has 2 atom stereocenters. The Labute approximate surface area is 205 Å². The predicted molar refractivity (Wildman–Crippen MR) is 122 cm³/mol. The molecule has 1 aliphatic heterocycles. The molecule has 7 nitrogen and oxygen atoms in total. The van der Waals surface area contributed by atoms with Crippen molar-refractivity contribution in [2.45, 2.75) is 62.7 Å². The molecular formula is C25H25ClF2N2O5. The van der Waals surface area contributed by atoms with Crippen molar-refractivity contribution in [3.05, 3.63) is 52.8 Å². The van der Waals surface area contributed by atoms with Crippen molar-refractivity contribution in [3.63, 3.8) is 0 Å². The number of fused-ring (bicyclic) bond motifs is 1. The number of aliphatic hydroxyl groups is 1. The van der Waals surface area contributed by atoms with Gasteiger partial charge in [-0.1, -0.05) is 11.6 Å². The molecule has 4 aliphatic rings. The molecule has 0 saturated heterocycles. The molecular weight excluding hydrogens is 482 g/mol. The standard InChI is InChI=1S/C25H25ClF2N2O5/c1-23(27,28)21-5-3-15(9-29-21)34-10-22(33)30-25-11-24(12-25,13-25)8-18(32)20-7-17(31)16-6-14(26)2-4-19(16)35-20/h2-6,9,17,20,31H,7-8,10-13H2,1H3,(H,30,33)/t17-,20-,24?,25?/m0/s1. The maximum Gasteiger partial charge on any atom is 0.286 e. The minimum absolute atomic E-state index is 0.0544. The number of amides is 1. The average molecular weight is 507 g/mol. The monoisotopic (exact) mass is 506 g/mol. The normalized spacial score (nSPS) is 28.6. The number of carbonyl (C=O) groups is 2. The lowest BCUT2D eigenvalue weighted by molar-refractivity contribution is -0.175. The lowest BCUT2D eigenvalue weighted by Crippen LogP contribution is -2.75. The van der Waals surface area contributed by atoms with Gasteiger partial charge >= 0.3 is 0 Å². The Hall–Kier alpha value is -2.78. The number of nitrogens with zero attached hydrogens (tertiary/aromatic N) is 1. The van der Waals surface area contributed by atoms with Crippen molar-refractivity contribution < 1.29 is 33.0 Å². The third-order valence-electron chi connectivity index (χ3n) is 7.05. The van der Waals surface area contributed by atoms with Gasteiger partial charge in [0, 0.05) is 35.9 Å².